The number of rotatable bonds is 4. The third-order valence-corrected chi connectivity index (χ3v) is 4.65. The maximum atomic E-state index is 11.5. The van der Waals surface area contributed by atoms with E-state index < -0.39 is 10.0 Å². The second kappa shape index (κ2) is 7.08. The highest BCUT2D eigenvalue weighted by Gasteiger charge is 2.13. The van der Waals surface area contributed by atoms with E-state index in [1.165, 1.54) is 6.07 Å². The molecule has 0 aromatic heterocycles. The fourth-order valence-corrected chi connectivity index (χ4v) is 2.87. The molecule has 2 aromatic carbocycles. The maximum Gasteiger partial charge on any atom is 0.238 e. The number of hydrogen-bond acceptors (Lipinski definition) is 3. The lowest BCUT2D eigenvalue weighted by Gasteiger charge is -2.15. The van der Waals surface area contributed by atoms with Crippen molar-refractivity contribution in [3.63, 3.8) is 0 Å². The van der Waals surface area contributed by atoms with Crippen molar-refractivity contribution in [3.8, 4) is 0 Å². The van der Waals surface area contributed by atoms with Crippen LogP contribution < -0.4 is 15.8 Å². The minimum atomic E-state index is -3.76. The Balaban J connectivity index is 2.13. The van der Waals surface area contributed by atoms with Crippen LogP contribution >= 0.6 is 12.2 Å². The first-order valence-corrected chi connectivity index (χ1v) is 8.95. The van der Waals surface area contributed by atoms with E-state index in [2.05, 4.69) is 10.6 Å². The molecule has 0 atom stereocenters. The van der Waals surface area contributed by atoms with Crippen molar-refractivity contribution in [1.29, 1.82) is 0 Å². The van der Waals surface area contributed by atoms with Crippen LogP contribution in [-0.2, 0) is 16.6 Å². The summed E-state index contributed by atoms with van der Waals surface area (Å²) in [5.41, 5.74) is 3.47. The van der Waals surface area contributed by atoms with E-state index in [1.807, 2.05) is 44.2 Å². The molecule has 2 aromatic rings. The lowest BCUT2D eigenvalue weighted by molar-refractivity contribution is 0.597. The molecule has 2 rings (SSSR count). The quantitative estimate of drug-likeness (QED) is 0.738. The minimum absolute atomic E-state index is 0.0639. The molecular formula is C16H19N3O2S2. The van der Waals surface area contributed by atoms with Crippen LogP contribution in [0, 0.1) is 13.8 Å². The SMILES string of the molecule is Cc1cc(S(N)(=O)=O)cc(NC(=S)NCc2ccccc2)c1C. The molecule has 23 heavy (non-hydrogen) atoms. The van der Waals surface area contributed by atoms with Crippen molar-refractivity contribution in [2.75, 3.05) is 5.32 Å². The van der Waals surface area contributed by atoms with Gasteiger partial charge in [0.1, 0.15) is 0 Å². The minimum Gasteiger partial charge on any atom is -0.358 e. The van der Waals surface area contributed by atoms with Gasteiger partial charge in [-0.05, 0) is 54.9 Å². The number of nitrogens with one attached hydrogen (secondary N) is 2. The molecule has 7 heteroatoms. The summed E-state index contributed by atoms with van der Waals surface area (Å²) >= 11 is 5.27. The molecular weight excluding hydrogens is 330 g/mol. The molecule has 0 radical (unpaired) electrons. The fraction of sp³-hybridized carbons (Fsp3) is 0.188. The van der Waals surface area contributed by atoms with Crippen LogP contribution in [0.25, 0.3) is 0 Å². The van der Waals surface area contributed by atoms with Crippen molar-refractivity contribution in [1.82, 2.24) is 5.32 Å². The molecule has 0 bridgehead atoms. The largest absolute Gasteiger partial charge is 0.358 e. The summed E-state index contributed by atoms with van der Waals surface area (Å²) < 4.78 is 23.1. The molecule has 0 saturated carbocycles. The molecule has 0 saturated heterocycles. The Kier molecular flexibility index (Phi) is 5.35. The summed E-state index contributed by atoms with van der Waals surface area (Å²) in [6.07, 6.45) is 0. The molecule has 4 N–H and O–H groups in total. The molecule has 0 fully saturated rings. The molecule has 0 unspecified atom stereocenters. The van der Waals surface area contributed by atoms with E-state index in [-0.39, 0.29) is 4.90 Å². The molecule has 0 amide bonds. The summed E-state index contributed by atoms with van der Waals surface area (Å²) in [5.74, 6) is 0. The number of primary sulfonamides is 1. The van der Waals surface area contributed by atoms with E-state index in [1.54, 1.807) is 6.07 Å². The first-order chi connectivity index (χ1) is 10.8. The molecule has 122 valence electrons. The highest BCUT2D eigenvalue weighted by molar-refractivity contribution is 7.89. The van der Waals surface area contributed by atoms with Crippen LogP contribution in [-0.4, -0.2) is 13.5 Å². The van der Waals surface area contributed by atoms with E-state index in [9.17, 15) is 8.42 Å². The van der Waals surface area contributed by atoms with Gasteiger partial charge in [-0.2, -0.15) is 0 Å². The van der Waals surface area contributed by atoms with Crippen molar-refractivity contribution in [2.45, 2.75) is 25.3 Å². The van der Waals surface area contributed by atoms with Gasteiger partial charge in [0, 0.05) is 12.2 Å². The van der Waals surface area contributed by atoms with Gasteiger partial charge in [-0.3, -0.25) is 0 Å². The maximum absolute atomic E-state index is 11.5. The van der Waals surface area contributed by atoms with E-state index >= 15 is 0 Å². The van der Waals surface area contributed by atoms with Crippen molar-refractivity contribution >= 4 is 33.0 Å². The molecule has 0 aliphatic carbocycles. The number of anilines is 1. The number of hydrogen-bond donors (Lipinski definition) is 3. The second-order valence-corrected chi connectivity index (χ2v) is 7.22. The van der Waals surface area contributed by atoms with Crippen LogP contribution in [0.4, 0.5) is 5.69 Å². The average Bonchev–Trinajstić information content (AvgIpc) is 2.49. The van der Waals surface area contributed by atoms with Crippen molar-refractivity contribution in [2.24, 2.45) is 5.14 Å². The standard InChI is InChI=1S/C16H19N3O2S2/c1-11-8-14(23(17,20)21)9-15(12(11)2)19-16(22)18-10-13-6-4-3-5-7-13/h3-9H,10H2,1-2H3,(H2,17,20,21)(H2,18,19,22). The third-order valence-electron chi connectivity index (χ3n) is 3.51. The van der Waals surface area contributed by atoms with Crippen molar-refractivity contribution < 1.29 is 8.42 Å². The van der Waals surface area contributed by atoms with Crippen LogP contribution in [0.1, 0.15) is 16.7 Å². The molecule has 0 aliphatic heterocycles. The van der Waals surface area contributed by atoms with Crippen LogP contribution in [0.2, 0.25) is 0 Å². The van der Waals surface area contributed by atoms with Gasteiger partial charge in [0.25, 0.3) is 0 Å². The topological polar surface area (TPSA) is 84.2 Å². The molecule has 5 nitrogen and oxygen atoms in total. The van der Waals surface area contributed by atoms with Gasteiger partial charge < -0.3 is 10.6 Å². The number of thiocarbonyl (C=S) groups is 1. The highest BCUT2D eigenvalue weighted by Crippen LogP contribution is 2.23. The zero-order valence-corrected chi connectivity index (χ0v) is 14.6. The van der Waals surface area contributed by atoms with Crippen LogP contribution in [0.3, 0.4) is 0 Å². The smallest absolute Gasteiger partial charge is 0.238 e. The number of aryl methyl sites for hydroxylation is 1. The van der Waals surface area contributed by atoms with Gasteiger partial charge in [0.2, 0.25) is 10.0 Å². The van der Waals surface area contributed by atoms with Gasteiger partial charge in [-0.25, -0.2) is 13.6 Å². The second-order valence-electron chi connectivity index (χ2n) is 5.25. The first-order valence-electron chi connectivity index (χ1n) is 7.00. The Labute approximate surface area is 142 Å². The number of sulfonamides is 1. The van der Waals surface area contributed by atoms with E-state index in [0.717, 1.165) is 16.7 Å². The highest BCUT2D eigenvalue weighted by atomic mass is 32.2. The van der Waals surface area contributed by atoms with Gasteiger partial charge >= 0.3 is 0 Å². The van der Waals surface area contributed by atoms with Crippen LogP contribution in [0.5, 0.6) is 0 Å². The van der Waals surface area contributed by atoms with Gasteiger partial charge in [-0.15, -0.1) is 0 Å². The van der Waals surface area contributed by atoms with E-state index in [4.69, 9.17) is 17.4 Å². The number of benzene rings is 2. The summed E-state index contributed by atoms with van der Waals surface area (Å²) in [4.78, 5) is 0.0639. The lowest BCUT2D eigenvalue weighted by Crippen LogP contribution is -2.28. The van der Waals surface area contributed by atoms with Gasteiger partial charge in [0.15, 0.2) is 5.11 Å². The Morgan fingerprint density at radius 3 is 2.43 bits per heavy atom. The first kappa shape index (κ1) is 17.4. The Morgan fingerprint density at radius 2 is 1.83 bits per heavy atom. The predicted molar refractivity (Wildman–Crippen MR) is 96.8 cm³/mol. The summed E-state index contributed by atoms with van der Waals surface area (Å²) in [5, 5.41) is 11.8. The Morgan fingerprint density at radius 1 is 1.17 bits per heavy atom. The third kappa shape index (κ3) is 4.75. The molecule has 0 heterocycles. The zero-order chi connectivity index (χ0) is 17.0. The van der Waals surface area contributed by atoms with E-state index in [0.29, 0.717) is 17.3 Å². The number of nitrogens with two attached hydrogens (primary N) is 1. The summed E-state index contributed by atoms with van der Waals surface area (Å²) in [7, 11) is -3.76. The Bertz CT molecular complexity index is 819. The van der Waals surface area contributed by atoms with Crippen molar-refractivity contribution in [3.05, 3.63) is 59.2 Å². The monoisotopic (exact) mass is 349 g/mol. The summed E-state index contributed by atoms with van der Waals surface area (Å²) in [6, 6.07) is 12.9. The van der Waals surface area contributed by atoms with Gasteiger partial charge in [-0.1, -0.05) is 30.3 Å². The molecule has 0 spiro atoms. The zero-order valence-electron chi connectivity index (χ0n) is 13.0. The predicted octanol–water partition coefficient (Wildman–Crippen LogP) is 2.44. The average molecular weight is 349 g/mol. The van der Waals surface area contributed by atoms with Crippen LogP contribution in [0.15, 0.2) is 47.4 Å². The Hall–Kier alpha value is -1.96. The lowest BCUT2D eigenvalue weighted by atomic mass is 10.1. The summed E-state index contributed by atoms with van der Waals surface area (Å²) in [6.45, 7) is 4.31. The normalized spacial score (nSPS) is 11.1. The fourth-order valence-electron chi connectivity index (χ4n) is 2.07. The molecule has 0 aliphatic rings. The van der Waals surface area contributed by atoms with Gasteiger partial charge in [0.05, 0.1) is 4.90 Å².